The van der Waals surface area contributed by atoms with Gasteiger partial charge < -0.3 is 4.74 Å². The van der Waals surface area contributed by atoms with Gasteiger partial charge in [-0.25, -0.2) is 18.6 Å². The van der Waals surface area contributed by atoms with Crippen LogP contribution >= 0.6 is 0 Å². The lowest BCUT2D eigenvalue weighted by molar-refractivity contribution is 0.0877. The van der Waals surface area contributed by atoms with E-state index in [0.717, 1.165) is 9.80 Å². The van der Waals surface area contributed by atoms with Crippen LogP contribution in [0.2, 0.25) is 0 Å². The highest BCUT2D eigenvalue weighted by molar-refractivity contribution is 6.38. The second-order valence-electron chi connectivity index (χ2n) is 14.4. The van der Waals surface area contributed by atoms with Crippen LogP contribution in [0.4, 0.5) is 20.2 Å². The molecule has 0 fully saturated rings. The number of imide groups is 2. The second kappa shape index (κ2) is 14.1. The molecule has 292 valence electrons. The van der Waals surface area contributed by atoms with E-state index < -0.39 is 35.3 Å². The highest BCUT2D eigenvalue weighted by Crippen LogP contribution is 2.38. The number of hydrogen-bond acceptors (Lipinski definition) is 7. The highest BCUT2D eigenvalue weighted by atomic mass is 19.1. The van der Waals surface area contributed by atoms with Crippen molar-refractivity contribution < 1.29 is 42.3 Å². The van der Waals surface area contributed by atoms with Gasteiger partial charge in [0.15, 0.2) is 11.6 Å². The molecule has 0 spiro atoms. The van der Waals surface area contributed by atoms with Gasteiger partial charge in [0.05, 0.1) is 11.4 Å². The van der Waals surface area contributed by atoms with Crippen LogP contribution in [0.5, 0.6) is 11.5 Å². The monoisotopic (exact) mass is 804 g/mol. The zero-order chi connectivity index (χ0) is 42.1. The van der Waals surface area contributed by atoms with Crippen LogP contribution in [0, 0.1) is 11.6 Å². The zero-order valence-corrected chi connectivity index (χ0v) is 31.5. The van der Waals surface area contributed by atoms with Gasteiger partial charge in [-0.2, -0.15) is 0 Å². The standard InChI is InChI=1S/C50H26F2N2O7/c51-29-11-7-27(8-12-29)45(55)37-23-25-41-43-35(37)3-1-5-39(43)47(57)53(49(41)59)31-15-19-33(20-16-31)61-34-21-17-32(18-22-34)54-48(58)40-6-2-4-36-38(24-26-42(44(36)40)50(54)60)46(56)28-9-13-30(52)14-10-28/h1-26H. The zero-order valence-electron chi connectivity index (χ0n) is 31.5. The smallest absolute Gasteiger partial charge is 0.265 e. The number of nitrogens with zero attached hydrogens (tertiary/aromatic N) is 2. The average Bonchev–Trinajstić information content (AvgIpc) is 3.28. The molecule has 0 radical (unpaired) electrons. The third-order valence-electron chi connectivity index (χ3n) is 10.9. The molecule has 9 nitrogen and oxygen atoms in total. The molecular formula is C50H26F2N2O7. The maximum absolute atomic E-state index is 13.9. The number of carbonyl (C=O) groups excluding carboxylic acids is 6. The summed E-state index contributed by atoms with van der Waals surface area (Å²) in [5.74, 6) is -3.24. The summed E-state index contributed by atoms with van der Waals surface area (Å²) in [6, 6.07) is 38.9. The minimum absolute atomic E-state index is 0.244. The summed E-state index contributed by atoms with van der Waals surface area (Å²) in [6.07, 6.45) is 0. The molecule has 61 heavy (non-hydrogen) atoms. The molecule has 0 N–H and O–H groups in total. The summed E-state index contributed by atoms with van der Waals surface area (Å²) in [4.78, 5) is 84.5. The number of anilines is 2. The molecule has 0 aromatic heterocycles. The van der Waals surface area contributed by atoms with Crippen molar-refractivity contribution in [3.8, 4) is 11.5 Å². The molecule has 4 amide bonds. The van der Waals surface area contributed by atoms with Crippen molar-refractivity contribution in [3.63, 3.8) is 0 Å². The molecule has 0 bridgehead atoms. The summed E-state index contributed by atoms with van der Waals surface area (Å²) < 4.78 is 33.1. The van der Waals surface area contributed by atoms with Gasteiger partial charge in [0, 0.05) is 55.3 Å². The summed E-state index contributed by atoms with van der Waals surface area (Å²) >= 11 is 0. The lowest BCUT2D eigenvalue weighted by Crippen LogP contribution is -2.40. The van der Waals surface area contributed by atoms with Crippen LogP contribution in [0.3, 0.4) is 0 Å². The first-order valence-electron chi connectivity index (χ1n) is 18.9. The first kappa shape index (κ1) is 36.9. The largest absolute Gasteiger partial charge is 0.457 e. The number of benzene rings is 8. The van der Waals surface area contributed by atoms with Gasteiger partial charge in [-0.15, -0.1) is 0 Å². The Morgan fingerprint density at radius 3 is 1.10 bits per heavy atom. The highest BCUT2D eigenvalue weighted by Gasteiger charge is 2.37. The fourth-order valence-corrected chi connectivity index (χ4v) is 8.03. The predicted molar refractivity (Wildman–Crippen MR) is 223 cm³/mol. The van der Waals surface area contributed by atoms with E-state index in [0.29, 0.717) is 33.0 Å². The number of ether oxygens (including phenoxy) is 1. The SMILES string of the molecule is O=C(c1ccc(F)cc1)c1ccc2c3c(cccc13)C(=O)N(c1ccc(Oc3ccc(N4C(=O)c5cccc6c(C(=O)c7ccc(F)cc7)ccc(c56)C4=O)cc3)cc1)C2=O. The third kappa shape index (κ3) is 5.98. The lowest BCUT2D eigenvalue weighted by Gasteiger charge is -2.28. The topological polar surface area (TPSA) is 118 Å². The molecule has 0 aliphatic carbocycles. The number of carbonyl (C=O) groups is 6. The Morgan fingerprint density at radius 1 is 0.393 bits per heavy atom. The lowest BCUT2D eigenvalue weighted by atomic mass is 9.88. The summed E-state index contributed by atoms with van der Waals surface area (Å²) in [5.41, 5.74) is 2.64. The normalized spacial score (nSPS) is 13.3. The van der Waals surface area contributed by atoms with E-state index in [1.54, 1.807) is 84.9 Å². The molecule has 2 aliphatic heterocycles. The Balaban J connectivity index is 0.872. The Hall–Kier alpha value is -8.44. The van der Waals surface area contributed by atoms with Crippen molar-refractivity contribution in [2.45, 2.75) is 0 Å². The van der Waals surface area contributed by atoms with Crippen LogP contribution < -0.4 is 14.5 Å². The summed E-state index contributed by atoms with van der Waals surface area (Å²) in [5, 5.41) is 1.60. The summed E-state index contributed by atoms with van der Waals surface area (Å²) in [7, 11) is 0. The number of halogens is 2. The average molecular weight is 805 g/mol. The van der Waals surface area contributed by atoms with Crippen molar-refractivity contribution in [2.75, 3.05) is 9.80 Å². The molecule has 8 aromatic rings. The Bertz CT molecular complexity index is 2970. The molecule has 10 rings (SSSR count). The molecule has 0 unspecified atom stereocenters. The Morgan fingerprint density at radius 2 is 0.738 bits per heavy atom. The van der Waals surface area contributed by atoms with E-state index in [1.165, 1.54) is 72.8 Å². The fraction of sp³-hybridized carbons (Fsp3) is 0. The summed E-state index contributed by atoms with van der Waals surface area (Å²) in [6.45, 7) is 0. The molecule has 2 heterocycles. The van der Waals surface area contributed by atoms with E-state index in [4.69, 9.17) is 4.74 Å². The van der Waals surface area contributed by atoms with Crippen molar-refractivity contribution >= 4 is 68.1 Å². The number of rotatable bonds is 8. The van der Waals surface area contributed by atoms with Crippen LogP contribution in [-0.4, -0.2) is 35.2 Å². The second-order valence-corrected chi connectivity index (χ2v) is 14.4. The molecule has 0 atom stereocenters. The quantitative estimate of drug-likeness (QED) is 0.111. The minimum Gasteiger partial charge on any atom is -0.457 e. The van der Waals surface area contributed by atoms with E-state index >= 15 is 0 Å². The third-order valence-corrected chi connectivity index (χ3v) is 10.9. The van der Waals surface area contributed by atoms with Gasteiger partial charge in [-0.3, -0.25) is 28.8 Å². The van der Waals surface area contributed by atoms with E-state index in [1.807, 2.05) is 0 Å². The van der Waals surface area contributed by atoms with Gasteiger partial charge in [0.2, 0.25) is 0 Å². The van der Waals surface area contributed by atoms with Crippen LogP contribution in [0.1, 0.15) is 73.3 Å². The van der Waals surface area contributed by atoms with Gasteiger partial charge in [0.25, 0.3) is 23.6 Å². The van der Waals surface area contributed by atoms with Gasteiger partial charge in [-0.1, -0.05) is 24.3 Å². The molecule has 8 aromatic carbocycles. The number of hydrogen-bond donors (Lipinski definition) is 0. The molecule has 11 heteroatoms. The Labute approximate surface area is 344 Å². The Kier molecular flexibility index (Phi) is 8.54. The first-order valence-corrected chi connectivity index (χ1v) is 18.9. The van der Waals surface area contributed by atoms with Crippen molar-refractivity contribution in [3.05, 3.63) is 214 Å². The van der Waals surface area contributed by atoms with Crippen molar-refractivity contribution in [2.24, 2.45) is 0 Å². The van der Waals surface area contributed by atoms with Crippen molar-refractivity contribution in [1.82, 2.24) is 0 Å². The van der Waals surface area contributed by atoms with E-state index in [-0.39, 0.29) is 67.4 Å². The minimum atomic E-state index is -0.571. The molecule has 0 saturated heterocycles. The van der Waals surface area contributed by atoms with Gasteiger partial charge >= 0.3 is 0 Å². The van der Waals surface area contributed by atoms with Gasteiger partial charge in [0.1, 0.15) is 23.1 Å². The first-order chi connectivity index (χ1) is 29.6. The molecule has 2 aliphatic rings. The molecular weight excluding hydrogens is 779 g/mol. The maximum Gasteiger partial charge on any atom is 0.265 e. The maximum atomic E-state index is 13.9. The van der Waals surface area contributed by atoms with Gasteiger partial charge in [-0.05, 0) is 144 Å². The predicted octanol–water partition coefficient (Wildman–Crippen LogP) is 10.1. The van der Waals surface area contributed by atoms with Crippen LogP contribution in [0.25, 0.3) is 21.5 Å². The van der Waals surface area contributed by atoms with Crippen molar-refractivity contribution in [1.29, 1.82) is 0 Å². The van der Waals surface area contributed by atoms with E-state index in [9.17, 15) is 37.5 Å². The van der Waals surface area contributed by atoms with E-state index in [2.05, 4.69) is 0 Å². The number of ketones is 2. The fourth-order valence-electron chi connectivity index (χ4n) is 8.03. The van der Waals surface area contributed by atoms with Crippen LogP contribution in [0.15, 0.2) is 158 Å². The molecule has 0 saturated carbocycles. The number of amides is 4. The van der Waals surface area contributed by atoms with Crippen LogP contribution in [-0.2, 0) is 0 Å².